The van der Waals surface area contributed by atoms with Gasteiger partial charge < -0.3 is 19.1 Å². The van der Waals surface area contributed by atoms with Crippen molar-refractivity contribution >= 4 is 17.5 Å². The summed E-state index contributed by atoms with van der Waals surface area (Å²) in [7, 11) is 4.80. The third-order valence-electron chi connectivity index (χ3n) is 2.38. The van der Waals surface area contributed by atoms with Crippen molar-refractivity contribution in [3.63, 3.8) is 0 Å². The molecule has 0 aromatic carbocycles. The van der Waals surface area contributed by atoms with E-state index in [1.807, 2.05) is 4.90 Å². The van der Waals surface area contributed by atoms with Crippen LogP contribution in [0.2, 0.25) is 5.28 Å². The van der Waals surface area contributed by atoms with E-state index in [2.05, 4.69) is 15.0 Å². The summed E-state index contributed by atoms with van der Waals surface area (Å²) in [5.41, 5.74) is 0. The van der Waals surface area contributed by atoms with Crippen LogP contribution in [-0.2, 0) is 9.47 Å². The summed E-state index contributed by atoms with van der Waals surface area (Å²) in [5, 5.41) is 0.107. The van der Waals surface area contributed by atoms with Crippen LogP contribution in [0, 0.1) is 0 Å². The average molecular weight is 291 g/mol. The van der Waals surface area contributed by atoms with Gasteiger partial charge in [-0.2, -0.15) is 15.0 Å². The fraction of sp³-hybridized carbons (Fsp3) is 0.727. The van der Waals surface area contributed by atoms with Gasteiger partial charge in [0, 0.05) is 33.9 Å². The number of aromatic nitrogens is 3. The van der Waals surface area contributed by atoms with Gasteiger partial charge in [0.05, 0.1) is 13.7 Å². The number of rotatable bonds is 9. The van der Waals surface area contributed by atoms with E-state index in [1.54, 1.807) is 14.2 Å². The second kappa shape index (κ2) is 8.84. The summed E-state index contributed by atoms with van der Waals surface area (Å²) in [6, 6.07) is 0.198. The SMILES string of the molecule is COCCCN(CCOC)c1nc(Cl)nc(OC)n1. The Morgan fingerprint density at radius 3 is 2.37 bits per heavy atom. The predicted molar refractivity (Wildman–Crippen MR) is 72.0 cm³/mol. The van der Waals surface area contributed by atoms with Crippen LogP contribution in [0.3, 0.4) is 0 Å². The lowest BCUT2D eigenvalue weighted by molar-refractivity contribution is 0.190. The summed E-state index contributed by atoms with van der Waals surface area (Å²) in [4.78, 5) is 14.1. The van der Waals surface area contributed by atoms with Crippen LogP contribution in [0.15, 0.2) is 0 Å². The van der Waals surface area contributed by atoms with Crippen LogP contribution >= 0.6 is 11.6 Å². The third kappa shape index (κ3) is 5.54. The fourth-order valence-corrected chi connectivity index (χ4v) is 1.62. The summed E-state index contributed by atoms with van der Waals surface area (Å²) >= 11 is 5.84. The molecule has 0 amide bonds. The Bertz CT molecular complexity index is 381. The normalized spacial score (nSPS) is 10.5. The molecule has 0 aliphatic carbocycles. The van der Waals surface area contributed by atoms with Gasteiger partial charge in [0.2, 0.25) is 11.2 Å². The number of nitrogens with zero attached hydrogens (tertiary/aromatic N) is 4. The second-order valence-electron chi connectivity index (χ2n) is 3.72. The molecule has 1 aromatic heterocycles. The first-order chi connectivity index (χ1) is 9.21. The minimum Gasteiger partial charge on any atom is -0.467 e. The molecule has 19 heavy (non-hydrogen) atoms. The molecule has 1 aromatic rings. The highest BCUT2D eigenvalue weighted by Gasteiger charge is 2.13. The van der Waals surface area contributed by atoms with Gasteiger partial charge in [-0.25, -0.2) is 0 Å². The average Bonchev–Trinajstić information content (AvgIpc) is 2.42. The van der Waals surface area contributed by atoms with Crippen molar-refractivity contribution in [1.82, 2.24) is 15.0 Å². The maximum absolute atomic E-state index is 5.84. The minimum atomic E-state index is 0.107. The van der Waals surface area contributed by atoms with Crippen molar-refractivity contribution in [2.45, 2.75) is 6.42 Å². The molecule has 1 heterocycles. The van der Waals surface area contributed by atoms with Crippen molar-refractivity contribution in [2.75, 3.05) is 52.5 Å². The lowest BCUT2D eigenvalue weighted by atomic mass is 10.4. The standard InChI is InChI=1S/C11H19ClN4O3/c1-17-7-4-5-16(6-8-18-2)10-13-9(12)14-11(15-10)19-3/h4-8H2,1-3H3. The van der Waals surface area contributed by atoms with Gasteiger partial charge in [-0.05, 0) is 18.0 Å². The highest BCUT2D eigenvalue weighted by Crippen LogP contribution is 2.15. The molecule has 0 radical (unpaired) electrons. The van der Waals surface area contributed by atoms with Crippen molar-refractivity contribution in [2.24, 2.45) is 0 Å². The molecule has 0 unspecified atom stereocenters. The maximum atomic E-state index is 5.84. The lowest BCUT2D eigenvalue weighted by Gasteiger charge is -2.22. The predicted octanol–water partition coefficient (Wildman–Crippen LogP) is 1.02. The van der Waals surface area contributed by atoms with Gasteiger partial charge in [-0.15, -0.1) is 0 Å². The Balaban J connectivity index is 2.79. The molecule has 0 fully saturated rings. The molecule has 7 nitrogen and oxygen atoms in total. The van der Waals surface area contributed by atoms with Crippen LogP contribution in [-0.4, -0.2) is 62.6 Å². The van der Waals surface area contributed by atoms with E-state index in [0.717, 1.165) is 13.0 Å². The Hall–Kier alpha value is -1.18. The van der Waals surface area contributed by atoms with Crippen LogP contribution in [0.25, 0.3) is 0 Å². The monoisotopic (exact) mass is 290 g/mol. The molecule has 0 N–H and O–H groups in total. The molecule has 0 bridgehead atoms. The highest BCUT2D eigenvalue weighted by atomic mass is 35.5. The Labute approximate surface area is 117 Å². The van der Waals surface area contributed by atoms with Crippen LogP contribution in [0.5, 0.6) is 6.01 Å². The molecular weight excluding hydrogens is 272 g/mol. The maximum Gasteiger partial charge on any atom is 0.322 e. The van der Waals surface area contributed by atoms with Gasteiger partial charge in [0.15, 0.2) is 0 Å². The van der Waals surface area contributed by atoms with Crippen molar-refractivity contribution in [3.8, 4) is 6.01 Å². The van der Waals surface area contributed by atoms with Gasteiger partial charge >= 0.3 is 6.01 Å². The Kier molecular flexibility index (Phi) is 7.39. The molecule has 0 atom stereocenters. The topological polar surface area (TPSA) is 69.6 Å². The summed E-state index contributed by atoms with van der Waals surface area (Å²) in [6.07, 6.45) is 0.853. The zero-order valence-corrected chi connectivity index (χ0v) is 12.2. The van der Waals surface area contributed by atoms with E-state index in [4.69, 9.17) is 25.8 Å². The molecule has 1 rings (SSSR count). The van der Waals surface area contributed by atoms with E-state index < -0.39 is 0 Å². The van der Waals surface area contributed by atoms with Crippen molar-refractivity contribution < 1.29 is 14.2 Å². The summed E-state index contributed by atoms with van der Waals surface area (Å²) in [6.45, 7) is 2.63. The van der Waals surface area contributed by atoms with Gasteiger partial charge in [-0.3, -0.25) is 0 Å². The largest absolute Gasteiger partial charge is 0.467 e. The Morgan fingerprint density at radius 1 is 1.00 bits per heavy atom. The van der Waals surface area contributed by atoms with E-state index in [1.165, 1.54) is 7.11 Å². The molecule has 0 aliphatic rings. The minimum absolute atomic E-state index is 0.107. The molecule has 0 spiro atoms. The number of ether oxygens (including phenoxy) is 3. The summed E-state index contributed by atoms with van der Waals surface area (Å²) in [5.74, 6) is 0.477. The zero-order chi connectivity index (χ0) is 14.1. The van der Waals surface area contributed by atoms with Crippen LogP contribution in [0.1, 0.15) is 6.42 Å². The molecular formula is C11H19ClN4O3. The van der Waals surface area contributed by atoms with Gasteiger partial charge in [-0.1, -0.05) is 0 Å². The molecule has 0 aliphatic heterocycles. The molecule has 108 valence electrons. The number of hydrogen-bond donors (Lipinski definition) is 0. The number of methoxy groups -OCH3 is 3. The first-order valence-electron chi connectivity index (χ1n) is 5.89. The number of halogens is 1. The quantitative estimate of drug-likeness (QED) is 0.629. The van der Waals surface area contributed by atoms with E-state index in [9.17, 15) is 0 Å². The van der Waals surface area contributed by atoms with Crippen LogP contribution < -0.4 is 9.64 Å². The smallest absolute Gasteiger partial charge is 0.322 e. The molecule has 8 heteroatoms. The zero-order valence-electron chi connectivity index (χ0n) is 11.4. The van der Waals surface area contributed by atoms with Crippen LogP contribution in [0.4, 0.5) is 5.95 Å². The highest BCUT2D eigenvalue weighted by molar-refractivity contribution is 6.28. The first kappa shape index (κ1) is 15.9. The number of hydrogen-bond acceptors (Lipinski definition) is 7. The van der Waals surface area contributed by atoms with E-state index in [-0.39, 0.29) is 11.3 Å². The lowest BCUT2D eigenvalue weighted by Crippen LogP contribution is -2.31. The first-order valence-corrected chi connectivity index (χ1v) is 6.27. The summed E-state index contributed by atoms with van der Waals surface area (Å²) < 4.78 is 15.1. The molecule has 0 saturated carbocycles. The third-order valence-corrected chi connectivity index (χ3v) is 2.55. The fourth-order valence-electron chi connectivity index (χ4n) is 1.47. The number of anilines is 1. The van der Waals surface area contributed by atoms with Crippen molar-refractivity contribution in [3.05, 3.63) is 5.28 Å². The Morgan fingerprint density at radius 2 is 1.74 bits per heavy atom. The second-order valence-corrected chi connectivity index (χ2v) is 4.06. The van der Waals surface area contributed by atoms with E-state index >= 15 is 0 Å². The van der Waals surface area contributed by atoms with Crippen molar-refractivity contribution in [1.29, 1.82) is 0 Å². The van der Waals surface area contributed by atoms with E-state index in [0.29, 0.717) is 25.7 Å². The van der Waals surface area contributed by atoms with Gasteiger partial charge in [0.1, 0.15) is 0 Å². The molecule has 0 saturated heterocycles. The van der Waals surface area contributed by atoms with Gasteiger partial charge in [0.25, 0.3) is 0 Å².